The number of imidazole rings is 1. The van der Waals surface area contributed by atoms with Crippen LogP contribution in [-0.4, -0.2) is 33.1 Å². The van der Waals surface area contributed by atoms with Crippen molar-refractivity contribution in [2.45, 2.75) is 23.5 Å². The van der Waals surface area contributed by atoms with Crippen LogP contribution in [0.5, 0.6) is 0 Å². The number of aryl methyl sites for hydroxylation is 1. The second-order valence-corrected chi connectivity index (χ2v) is 8.04. The van der Waals surface area contributed by atoms with Crippen LogP contribution < -0.4 is 0 Å². The van der Waals surface area contributed by atoms with Crippen LogP contribution in [0.2, 0.25) is 0 Å². The first-order chi connectivity index (χ1) is 9.68. The summed E-state index contributed by atoms with van der Waals surface area (Å²) in [6.07, 6.45) is 2.04. The first kappa shape index (κ1) is 15.7. The lowest BCUT2D eigenvalue weighted by Crippen LogP contribution is -2.05. The van der Waals surface area contributed by atoms with E-state index in [2.05, 4.69) is 14.2 Å². The van der Waals surface area contributed by atoms with Crippen LogP contribution in [0.4, 0.5) is 0 Å². The van der Waals surface area contributed by atoms with Crippen LogP contribution in [0.1, 0.15) is 11.4 Å². The summed E-state index contributed by atoms with van der Waals surface area (Å²) >= 11 is 0. The molecule has 0 saturated carbocycles. The Morgan fingerprint density at radius 2 is 1.76 bits per heavy atom. The Bertz CT molecular complexity index is 836. The SMILES string of the molecule is Cc1ccc(S(=O)(=O)c2cnc(COS(C)(=O)=O)[nH]2)cc1. The Morgan fingerprint density at radius 3 is 2.33 bits per heavy atom. The Kier molecular flexibility index (Phi) is 4.17. The molecule has 0 radical (unpaired) electrons. The van der Waals surface area contributed by atoms with Gasteiger partial charge in [0.15, 0.2) is 5.03 Å². The van der Waals surface area contributed by atoms with E-state index < -0.39 is 20.0 Å². The fourth-order valence-electron chi connectivity index (χ4n) is 1.56. The molecule has 0 bridgehead atoms. The van der Waals surface area contributed by atoms with Gasteiger partial charge in [-0.25, -0.2) is 13.4 Å². The maximum absolute atomic E-state index is 12.3. The van der Waals surface area contributed by atoms with Crippen LogP contribution in [0.3, 0.4) is 0 Å². The monoisotopic (exact) mass is 330 g/mol. The molecule has 0 aliphatic rings. The highest BCUT2D eigenvalue weighted by Gasteiger charge is 2.20. The molecule has 114 valence electrons. The summed E-state index contributed by atoms with van der Waals surface area (Å²) in [5.41, 5.74) is 0.945. The van der Waals surface area contributed by atoms with E-state index in [0.29, 0.717) is 0 Å². The van der Waals surface area contributed by atoms with Gasteiger partial charge < -0.3 is 4.98 Å². The molecule has 1 aromatic heterocycles. The number of sulfone groups is 1. The zero-order valence-corrected chi connectivity index (χ0v) is 13.0. The summed E-state index contributed by atoms with van der Waals surface area (Å²) in [6.45, 7) is 1.51. The maximum Gasteiger partial charge on any atom is 0.264 e. The highest BCUT2D eigenvalue weighted by Crippen LogP contribution is 2.19. The van der Waals surface area contributed by atoms with E-state index in [0.717, 1.165) is 18.0 Å². The summed E-state index contributed by atoms with van der Waals surface area (Å²) in [7, 11) is -7.33. The van der Waals surface area contributed by atoms with Crippen molar-refractivity contribution in [1.29, 1.82) is 0 Å². The van der Waals surface area contributed by atoms with Crippen molar-refractivity contribution in [3.8, 4) is 0 Å². The Hall–Kier alpha value is -1.71. The van der Waals surface area contributed by atoms with Crippen molar-refractivity contribution in [1.82, 2.24) is 9.97 Å². The molecule has 2 aromatic rings. The zero-order chi connectivity index (χ0) is 15.7. The molecule has 1 aromatic carbocycles. The van der Waals surface area contributed by atoms with E-state index in [1.54, 1.807) is 12.1 Å². The Labute approximate surface area is 123 Å². The van der Waals surface area contributed by atoms with Gasteiger partial charge in [-0.3, -0.25) is 4.18 Å². The first-order valence-electron chi connectivity index (χ1n) is 5.88. The number of benzene rings is 1. The van der Waals surface area contributed by atoms with Crippen LogP contribution >= 0.6 is 0 Å². The number of nitrogens with one attached hydrogen (secondary N) is 1. The Morgan fingerprint density at radius 1 is 1.14 bits per heavy atom. The largest absolute Gasteiger partial charge is 0.331 e. The first-order valence-corrected chi connectivity index (χ1v) is 9.18. The number of aromatic amines is 1. The minimum atomic E-state index is -3.71. The van der Waals surface area contributed by atoms with Crippen molar-refractivity contribution in [2.75, 3.05) is 6.26 Å². The summed E-state index contributed by atoms with van der Waals surface area (Å²) in [4.78, 5) is 6.49. The third-order valence-electron chi connectivity index (χ3n) is 2.64. The van der Waals surface area contributed by atoms with E-state index in [1.807, 2.05) is 6.92 Å². The van der Waals surface area contributed by atoms with Gasteiger partial charge in [-0.15, -0.1) is 0 Å². The highest BCUT2D eigenvalue weighted by molar-refractivity contribution is 7.91. The van der Waals surface area contributed by atoms with Crippen LogP contribution in [0.15, 0.2) is 40.4 Å². The Balaban J connectivity index is 2.26. The molecule has 0 saturated heterocycles. The van der Waals surface area contributed by atoms with Gasteiger partial charge in [0, 0.05) is 0 Å². The van der Waals surface area contributed by atoms with Crippen LogP contribution in [-0.2, 0) is 30.7 Å². The number of hydrogen-bond acceptors (Lipinski definition) is 6. The average molecular weight is 330 g/mol. The molecule has 9 heteroatoms. The van der Waals surface area contributed by atoms with Crippen molar-refractivity contribution in [2.24, 2.45) is 0 Å². The van der Waals surface area contributed by atoms with Crippen LogP contribution in [0.25, 0.3) is 0 Å². The van der Waals surface area contributed by atoms with E-state index in [-0.39, 0.29) is 22.4 Å². The van der Waals surface area contributed by atoms with Gasteiger partial charge in [0.25, 0.3) is 10.1 Å². The third kappa shape index (κ3) is 3.90. The summed E-state index contributed by atoms with van der Waals surface area (Å²) < 4.78 is 51.0. The molecule has 0 unspecified atom stereocenters. The van der Waals surface area contributed by atoms with Crippen molar-refractivity contribution >= 4 is 20.0 Å². The zero-order valence-electron chi connectivity index (χ0n) is 11.4. The fourth-order valence-corrected chi connectivity index (χ4v) is 3.08. The number of hydrogen-bond donors (Lipinski definition) is 1. The van der Waals surface area contributed by atoms with Gasteiger partial charge in [-0.1, -0.05) is 17.7 Å². The predicted octanol–water partition coefficient (Wildman–Crippen LogP) is 1.03. The molecule has 0 fully saturated rings. The van der Waals surface area contributed by atoms with Gasteiger partial charge in [0.05, 0.1) is 17.3 Å². The molecule has 0 amide bonds. The summed E-state index contributed by atoms with van der Waals surface area (Å²) in [5.74, 6) is 0.117. The van der Waals surface area contributed by atoms with Gasteiger partial charge >= 0.3 is 0 Å². The smallest absolute Gasteiger partial charge is 0.264 e. The number of aromatic nitrogens is 2. The fraction of sp³-hybridized carbons (Fsp3) is 0.250. The molecular weight excluding hydrogens is 316 g/mol. The lowest BCUT2D eigenvalue weighted by Gasteiger charge is -2.02. The standard InChI is InChI=1S/C12H14N2O5S2/c1-9-3-5-10(6-4-9)21(17,18)12-7-13-11(14-12)8-19-20(2,15)16/h3-7H,8H2,1-2H3,(H,13,14). The molecule has 21 heavy (non-hydrogen) atoms. The highest BCUT2D eigenvalue weighted by atomic mass is 32.2. The quantitative estimate of drug-likeness (QED) is 0.821. The topological polar surface area (TPSA) is 106 Å². The molecule has 0 spiro atoms. The van der Waals surface area contributed by atoms with E-state index >= 15 is 0 Å². The minimum absolute atomic E-state index is 0.113. The second-order valence-electron chi connectivity index (χ2n) is 4.48. The molecule has 2 rings (SSSR count). The maximum atomic E-state index is 12.3. The second kappa shape index (κ2) is 5.58. The molecule has 0 aliphatic heterocycles. The van der Waals surface area contributed by atoms with Gasteiger partial charge in [-0.05, 0) is 19.1 Å². The number of nitrogens with zero attached hydrogens (tertiary/aromatic N) is 1. The minimum Gasteiger partial charge on any atom is -0.331 e. The molecule has 0 atom stereocenters. The summed E-state index contributed by atoms with van der Waals surface area (Å²) in [6, 6.07) is 6.38. The van der Waals surface area contributed by atoms with E-state index in [1.165, 1.54) is 12.1 Å². The third-order valence-corrected chi connectivity index (χ3v) is 4.86. The average Bonchev–Trinajstić information content (AvgIpc) is 2.85. The molecule has 1 N–H and O–H groups in total. The van der Waals surface area contributed by atoms with E-state index in [9.17, 15) is 16.8 Å². The van der Waals surface area contributed by atoms with Crippen molar-refractivity contribution < 1.29 is 21.0 Å². The normalized spacial score (nSPS) is 12.5. The molecular formula is C12H14N2O5S2. The predicted molar refractivity (Wildman–Crippen MR) is 74.9 cm³/mol. The van der Waals surface area contributed by atoms with Crippen molar-refractivity contribution in [3.63, 3.8) is 0 Å². The molecule has 1 heterocycles. The van der Waals surface area contributed by atoms with Gasteiger partial charge in [-0.2, -0.15) is 8.42 Å². The lowest BCUT2D eigenvalue weighted by atomic mass is 10.2. The van der Waals surface area contributed by atoms with Crippen LogP contribution in [0, 0.1) is 6.92 Å². The molecule has 0 aliphatic carbocycles. The van der Waals surface area contributed by atoms with Gasteiger partial charge in [0.1, 0.15) is 12.4 Å². The molecule has 7 nitrogen and oxygen atoms in total. The van der Waals surface area contributed by atoms with Gasteiger partial charge in [0.2, 0.25) is 9.84 Å². The number of rotatable bonds is 5. The van der Waals surface area contributed by atoms with Crippen molar-refractivity contribution in [3.05, 3.63) is 41.9 Å². The lowest BCUT2D eigenvalue weighted by molar-refractivity contribution is 0.303. The van der Waals surface area contributed by atoms with E-state index in [4.69, 9.17) is 0 Å². The number of H-pyrrole nitrogens is 1. The summed E-state index contributed by atoms with van der Waals surface area (Å²) in [5, 5.41) is -0.113.